The highest BCUT2D eigenvalue weighted by atomic mass is 16.5. The summed E-state index contributed by atoms with van der Waals surface area (Å²) in [5, 5.41) is 13.2. The number of fused-ring (bicyclic) bond motifs is 1. The van der Waals surface area contributed by atoms with Crippen LogP contribution in [-0.4, -0.2) is 11.8 Å². The quantitative estimate of drug-likeness (QED) is 0.730. The highest BCUT2D eigenvalue weighted by Crippen LogP contribution is 2.25. The van der Waals surface area contributed by atoms with Crippen LogP contribution in [0.25, 0.3) is 10.8 Å². The second kappa shape index (κ2) is 3.68. The predicted octanol–water partition coefficient (Wildman–Crippen LogP) is 3.06. The number of anilines is 1. The molecular weight excluding hydrogens is 174 g/mol. The van der Waals surface area contributed by atoms with Crippen LogP contribution in [0.15, 0.2) is 42.5 Å². The van der Waals surface area contributed by atoms with Gasteiger partial charge in [0.05, 0.1) is 5.69 Å². The molecule has 0 unspecified atom stereocenters. The molecular formula is C12H13NO. The Morgan fingerprint density at radius 3 is 2.57 bits per heavy atom. The average molecular weight is 187 g/mol. The van der Waals surface area contributed by atoms with Gasteiger partial charge in [-0.1, -0.05) is 36.4 Å². The van der Waals surface area contributed by atoms with Crippen LogP contribution < -0.4 is 5.06 Å². The standard InChI is InChI=1S/C12H13NO/c1-2-13(14)12-9-5-7-10-6-3-4-8-11(10)12/h3-9,14H,2H2,1H3. The molecule has 2 aromatic rings. The van der Waals surface area contributed by atoms with Crippen molar-refractivity contribution >= 4 is 16.5 Å². The second-order valence-electron chi connectivity index (χ2n) is 3.21. The maximum Gasteiger partial charge on any atom is 0.0712 e. The smallest absolute Gasteiger partial charge is 0.0712 e. The largest absolute Gasteiger partial charge is 0.288 e. The number of hydroxylamine groups is 1. The molecule has 0 radical (unpaired) electrons. The molecule has 1 N–H and O–H groups in total. The van der Waals surface area contributed by atoms with E-state index in [1.54, 1.807) is 0 Å². The summed E-state index contributed by atoms with van der Waals surface area (Å²) in [5.41, 5.74) is 0.866. The van der Waals surface area contributed by atoms with Gasteiger partial charge in [-0.15, -0.1) is 0 Å². The Morgan fingerprint density at radius 2 is 1.79 bits per heavy atom. The minimum Gasteiger partial charge on any atom is -0.288 e. The lowest BCUT2D eigenvalue weighted by Gasteiger charge is -2.16. The lowest BCUT2D eigenvalue weighted by atomic mass is 10.1. The van der Waals surface area contributed by atoms with Crippen molar-refractivity contribution in [3.63, 3.8) is 0 Å². The molecule has 0 saturated heterocycles. The molecule has 2 aromatic carbocycles. The molecule has 0 heterocycles. The van der Waals surface area contributed by atoms with Gasteiger partial charge in [0, 0.05) is 11.9 Å². The van der Waals surface area contributed by atoms with Gasteiger partial charge >= 0.3 is 0 Å². The van der Waals surface area contributed by atoms with E-state index in [1.807, 2.05) is 49.4 Å². The third-order valence-electron chi connectivity index (χ3n) is 2.34. The van der Waals surface area contributed by atoms with Crippen molar-refractivity contribution in [1.82, 2.24) is 0 Å². The van der Waals surface area contributed by atoms with Crippen molar-refractivity contribution in [3.05, 3.63) is 42.5 Å². The third-order valence-corrected chi connectivity index (χ3v) is 2.34. The van der Waals surface area contributed by atoms with Gasteiger partial charge in [-0.3, -0.25) is 10.3 Å². The fourth-order valence-corrected chi connectivity index (χ4v) is 1.60. The van der Waals surface area contributed by atoms with E-state index in [9.17, 15) is 5.21 Å². The number of benzene rings is 2. The highest BCUT2D eigenvalue weighted by molar-refractivity contribution is 5.93. The fraction of sp³-hybridized carbons (Fsp3) is 0.167. The number of rotatable bonds is 2. The first-order valence-corrected chi connectivity index (χ1v) is 4.77. The van der Waals surface area contributed by atoms with E-state index in [4.69, 9.17) is 0 Å². The first-order valence-electron chi connectivity index (χ1n) is 4.77. The first-order chi connectivity index (χ1) is 6.83. The molecule has 72 valence electrons. The Balaban J connectivity index is 2.65. The molecule has 0 atom stereocenters. The Kier molecular flexibility index (Phi) is 2.37. The van der Waals surface area contributed by atoms with Crippen LogP contribution in [-0.2, 0) is 0 Å². The molecule has 0 amide bonds. The Labute approximate surface area is 83.4 Å². The van der Waals surface area contributed by atoms with Crippen LogP contribution in [0.1, 0.15) is 6.92 Å². The van der Waals surface area contributed by atoms with Gasteiger partial charge in [-0.2, -0.15) is 0 Å². The maximum absolute atomic E-state index is 9.66. The normalized spacial score (nSPS) is 10.4. The van der Waals surface area contributed by atoms with Crippen LogP contribution in [0.4, 0.5) is 5.69 Å². The number of hydrogen-bond acceptors (Lipinski definition) is 2. The second-order valence-corrected chi connectivity index (χ2v) is 3.21. The maximum atomic E-state index is 9.66. The van der Waals surface area contributed by atoms with Gasteiger partial charge in [-0.05, 0) is 18.4 Å². The van der Waals surface area contributed by atoms with Gasteiger partial charge in [0.25, 0.3) is 0 Å². The zero-order valence-corrected chi connectivity index (χ0v) is 8.14. The molecule has 14 heavy (non-hydrogen) atoms. The molecule has 0 fully saturated rings. The molecule has 0 aliphatic carbocycles. The van der Waals surface area contributed by atoms with Crippen LogP contribution in [0, 0.1) is 0 Å². The van der Waals surface area contributed by atoms with E-state index in [0.29, 0.717) is 6.54 Å². The monoisotopic (exact) mass is 187 g/mol. The molecule has 0 aliphatic heterocycles. The molecule has 2 rings (SSSR count). The molecule has 0 aliphatic rings. The summed E-state index contributed by atoms with van der Waals surface area (Å²) in [5.74, 6) is 0. The first kappa shape index (κ1) is 9.03. The van der Waals surface area contributed by atoms with Crippen molar-refractivity contribution in [2.75, 3.05) is 11.6 Å². The van der Waals surface area contributed by atoms with Gasteiger partial charge in [0.2, 0.25) is 0 Å². The van der Waals surface area contributed by atoms with Crippen LogP contribution in [0.5, 0.6) is 0 Å². The van der Waals surface area contributed by atoms with Gasteiger partial charge in [-0.25, -0.2) is 0 Å². The van der Waals surface area contributed by atoms with Gasteiger partial charge in [0.1, 0.15) is 0 Å². The van der Waals surface area contributed by atoms with E-state index in [-0.39, 0.29) is 0 Å². The summed E-state index contributed by atoms with van der Waals surface area (Å²) >= 11 is 0. The lowest BCUT2D eigenvalue weighted by Crippen LogP contribution is -2.16. The fourth-order valence-electron chi connectivity index (χ4n) is 1.60. The minimum absolute atomic E-state index is 0.591. The van der Waals surface area contributed by atoms with Crippen molar-refractivity contribution in [3.8, 4) is 0 Å². The van der Waals surface area contributed by atoms with Gasteiger partial charge in [0.15, 0.2) is 0 Å². The Hall–Kier alpha value is -1.54. The zero-order valence-electron chi connectivity index (χ0n) is 8.14. The van der Waals surface area contributed by atoms with Gasteiger partial charge < -0.3 is 0 Å². The third kappa shape index (κ3) is 1.44. The summed E-state index contributed by atoms with van der Waals surface area (Å²) in [6.45, 7) is 2.51. The van der Waals surface area contributed by atoms with E-state index in [1.165, 1.54) is 5.06 Å². The summed E-state index contributed by atoms with van der Waals surface area (Å²) in [7, 11) is 0. The van der Waals surface area contributed by atoms with Crippen molar-refractivity contribution in [2.24, 2.45) is 0 Å². The summed E-state index contributed by atoms with van der Waals surface area (Å²) in [4.78, 5) is 0. The lowest BCUT2D eigenvalue weighted by molar-refractivity contribution is 0.261. The van der Waals surface area contributed by atoms with E-state index in [0.717, 1.165) is 16.5 Å². The van der Waals surface area contributed by atoms with Crippen molar-refractivity contribution < 1.29 is 5.21 Å². The van der Waals surface area contributed by atoms with Crippen molar-refractivity contribution in [1.29, 1.82) is 0 Å². The number of nitrogens with zero attached hydrogens (tertiary/aromatic N) is 1. The van der Waals surface area contributed by atoms with E-state index < -0.39 is 0 Å². The Bertz CT molecular complexity index is 434. The zero-order chi connectivity index (χ0) is 9.97. The van der Waals surface area contributed by atoms with Crippen LogP contribution in [0.2, 0.25) is 0 Å². The molecule has 0 spiro atoms. The highest BCUT2D eigenvalue weighted by Gasteiger charge is 2.04. The molecule has 2 nitrogen and oxygen atoms in total. The predicted molar refractivity (Wildman–Crippen MR) is 58.8 cm³/mol. The topological polar surface area (TPSA) is 23.5 Å². The minimum atomic E-state index is 0.591. The molecule has 0 aromatic heterocycles. The Morgan fingerprint density at radius 1 is 1.07 bits per heavy atom. The summed E-state index contributed by atoms with van der Waals surface area (Å²) in [6, 6.07) is 14.0. The van der Waals surface area contributed by atoms with Crippen molar-refractivity contribution in [2.45, 2.75) is 6.92 Å². The molecule has 0 bridgehead atoms. The number of hydrogen-bond donors (Lipinski definition) is 1. The SMILES string of the molecule is CCN(O)c1cccc2ccccc12. The molecule has 0 saturated carbocycles. The average Bonchev–Trinajstić information content (AvgIpc) is 2.27. The van der Waals surface area contributed by atoms with Crippen LogP contribution in [0.3, 0.4) is 0 Å². The summed E-state index contributed by atoms with van der Waals surface area (Å²) in [6.07, 6.45) is 0. The van der Waals surface area contributed by atoms with Crippen LogP contribution >= 0.6 is 0 Å². The van der Waals surface area contributed by atoms with E-state index >= 15 is 0 Å². The van der Waals surface area contributed by atoms with E-state index in [2.05, 4.69) is 0 Å². The molecule has 2 heteroatoms. The summed E-state index contributed by atoms with van der Waals surface area (Å²) < 4.78 is 0.